The van der Waals surface area contributed by atoms with Crippen LogP contribution >= 0.6 is 0 Å². The lowest BCUT2D eigenvalue weighted by Crippen LogP contribution is -2.10. The van der Waals surface area contributed by atoms with Gasteiger partial charge in [-0.1, -0.05) is 12.1 Å². The van der Waals surface area contributed by atoms with Gasteiger partial charge >= 0.3 is 6.18 Å². The molecule has 28 heavy (non-hydrogen) atoms. The number of pyridine rings is 1. The lowest BCUT2D eigenvalue weighted by molar-refractivity contribution is -0.141. The molecule has 3 aromatic heterocycles. The molecule has 0 saturated carbocycles. The lowest BCUT2D eigenvalue weighted by atomic mass is 9.99. The predicted octanol–water partition coefficient (Wildman–Crippen LogP) is 3.90. The first-order chi connectivity index (χ1) is 13.3. The van der Waals surface area contributed by atoms with Gasteiger partial charge in [-0.2, -0.15) is 22.8 Å². The highest BCUT2D eigenvalue weighted by atomic mass is 19.4. The van der Waals surface area contributed by atoms with Gasteiger partial charge in [0.25, 0.3) is 0 Å². The average Bonchev–Trinajstić information content (AvgIpc) is 3.11. The number of fused-ring (bicyclic) bond motifs is 1. The van der Waals surface area contributed by atoms with Crippen LogP contribution in [0.2, 0.25) is 0 Å². The molecule has 6 nitrogen and oxygen atoms in total. The van der Waals surface area contributed by atoms with Crippen LogP contribution in [-0.4, -0.2) is 24.6 Å². The van der Waals surface area contributed by atoms with Crippen LogP contribution in [0.4, 0.5) is 23.5 Å². The Morgan fingerprint density at radius 2 is 1.82 bits per heavy atom. The van der Waals surface area contributed by atoms with Crippen LogP contribution in [-0.2, 0) is 6.18 Å². The molecule has 0 bridgehead atoms. The van der Waals surface area contributed by atoms with Gasteiger partial charge in [0.2, 0.25) is 5.95 Å². The van der Waals surface area contributed by atoms with Crippen molar-refractivity contribution in [1.82, 2.24) is 24.6 Å². The molecule has 1 aromatic carbocycles. The number of rotatable bonds is 2. The first-order valence-corrected chi connectivity index (χ1v) is 8.06. The Labute approximate surface area is 155 Å². The number of aryl methyl sites for hydroxylation is 1. The largest absolute Gasteiger partial charge is 0.433 e. The quantitative estimate of drug-likeness (QED) is 0.527. The van der Waals surface area contributed by atoms with Crippen LogP contribution < -0.4 is 5.73 Å². The maximum absolute atomic E-state index is 14.5. The number of hydrogen-bond donors (Lipinski definition) is 1. The van der Waals surface area contributed by atoms with E-state index in [1.807, 2.05) is 0 Å². The Bertz CT molecular complexity index is 1200. The minimum absolute atomic E-state index is 0.0647. The van der Waals surface area contributed by atoms with Gasteiger partial charge in [-0.3, -0.25) is 0 Å². The van der Waals surface area contributed by atoms with Gasteiger partial charge in [-0.05, 0) is 36.8 Å². The second-order valence-corrected chi connectivity index (χ2v) is 6.05. The van der Waals surface area contributed by atoms with Gasteiger partial charge < -0.3 is 5.73 Å². The van der Waals surface area contributed by atoms with Crippen LogP contribution in [0.1, 0.15) is 11.4 Å². The Hall–Kier alpha value is -3.56. The van der Waals surface area contributed by atoms with Crippen LogP contribution in [0.15, 0.2) is 42.7 Å². The van der Waals surface area contributed by atoms with E-state index < -0.39 is 17.7 Å². The fourth-order valence-electron chi connectivity index (χ4n) is 2.98. The summed E-state index contributed by atoms with van der Waals surface area (Å²) in [4.78, 5) is 11.8. The van der Waals surface area contributed by atoms with E-state index in [1.54, 1.807) is 6.07 Å². The van der Waals surface area contributed by atoms with Crippen molar-refractivity contribution in [3.63, 3.8) is 0 Å². The van der Waals surface area contributed by atoms with Crippen molar-refractivity contribution in [2.45, 2.75) is 13.1 Å². The summed E-state index contributed by atoms with van der Waals surface area (Å²) in [6.45, 7) is 1.44. The van der Waals surface area contributed by atoms with Crippen molar-refractivity contribution in [2.75, 3.05) is 5.73 Å². The summed E-state index contributed by atoms with van der Waals surface area (Å²) in [5, 5.41) is 3.94. The Kier molecular flexibility index (Phi) is 3.98. The third-order valence-corrected chi connectivity index (χ3v) is 4.11. The van der Waals surface area contributed by atoms with Crippen LogP contribution in [0, 0.1) is 12.7 Å². The normalized spacial score (nSPS) is 11.9. The second kappa shape index (κ2) is 6.25. The van der Waals surface area contributed by atoms with E-state index in [9.17, 15) is 17.6 Å². The minimum Gasteiger partial charge on any atom is -0.368 e. The lowest BCUT2D eigenvalue weighted by Gasteiger charge is -2.14. The summed E-state index contributed by atoms with van der Waals surface area (Å²) in [5.41, 5.74) is 5.57. The summed E-state index contributed by atoms with van der Waals surface area (Å²) >= 11 is 0. The molecule has 0 saturated heterocycles. The van der Waals surface area contributed by atoms with Crippen molar-refractivity contribution < 1.29 is 17.6 Å². The molecule has 0 amide bonds. The maximum Gasteiger partial charge on any atom is 0.433 e. The molecule has 0 fully saturated rings. The van der Waals surface area contributed by atoms with Crippen LogP contribution in [0.5, 0.6) is 0 Å². The van der Waals surface area contributed by atoms with E-state index >= 15 is 0 Å². The highest BCUT2D eigenvalue weighted by molar-refractivity contribution is 5.90. The van der Waals surface area contributed by atoms with E-state index in [1.165, 1.54) is 42.0 Å². The average molecular weight is 388 g/mol. The van der Waals surface area contributed by atoms with Crippen molar-refractivity contribution in [2.24, 2.45) is 0 Å². The van der Waals surface area contributed by atoms with Crippen molar-refractivity contribution in [3.05, 3.63) is 59.9 Å². The number of benzene rings is 1. The van der Waals surface area contributed by atoms with E-state index in [4.69, 9.17) is 5.73 Å². The summed E-state index contributed by atoms with van der Waals surface area (Å²) < 4.78 is 55.5. The van der Waals surface area contributed by atoms with Gasteiger partial charge in [-0.25, -0.2) is 19.3 Å². The molecular formula is C18H12F4N6. The Morgan fingerprint density at radius 3 is 2.54 bits per heavy atom. The molecule has 4 aromatic rings. The van der Waals surface area contributed by atoms with Crippen molar-refractivity contribution >= 4 is 11.6 Å². The van der Waals surface area contributed by atoms with E-state index in [2.05, 4.69) is 20.1 Å². The monoisotopic (exact) mass is 388 g/mol. The molecule has 0 spiro atoms. The highest BCUT2D eigenvalue weighted by Gasteiger charge is 2.33. The predicted molar refractivity (Wildman–Crippen MR) is 93.6 cm³/mol. The number of hydrogen-bond acceptors (Lipinski definition) is 5. The SMILES string of the molecule is Cc1cc(-c2c(-c3ccccc3F)nc(N)n3ncnc23)cc(C(F)(F)F)n1. The molecule has 3 heterocycles. The Morgan fingerprint density at radius 1 is 1.07 bits per heavy atom. The molecule has 0 radical (unpaired) electrons. The third-order valence-electron chi connectivity index (χ3n) is 4.11. The number of aromatic nitrogens is 5. The van der Waals surface area contributed by atoms with E-state index in [0.29, 0.717) is 0 Å². The molecule has 0 unspecified atom stereocenters. The summed E-state index contributed by atoms with van der Waals surface area (Å²) in [6, 6.07) is 8.10. The third kappa shape index (κ3) is 2.92. The molecule has 0 aliphatic rings. The van der Waals surface area contributed by atoms with Gasteiger partial charge in [0, 0.05) is 11.3 Å². The van der Waals surface area contributed by atoms with Gasteiger partial charge in [-0.15, -0.1) is 0 Å². The van der Waals surface area contributed by atoms with Crippen LogP contribution in [0.25, 0.3) is 28.0 Å². The second-order valence-electron chi connectivity index (χ2n) is 6.05. The molecule has 10 heteroatoms. The zero-order chi connectivity index (χ0) is 20.1. The topological polar surface area (TPSA) is 82.0 Å². The first kappa shape index (κ1) is 17.8. The van der Waals surface area contributed by atoms with E-state index in [-0.39, 0.29) is 39.7 Å². The van der Waals surface area contributed by atoms with Crippen molar-refractivity contribution in [3.8, 4) is 22.4 Å². The van der Waals surface area contributed by atoms with Crippen LogP contribution in [0.3, 0.4) is 0 Å². The zero-order valence-corrected chi connectivity index (χ0v) is 14.4. The number of anilines is 1. The van der Waals surface area contributed by atoms with Crippen molar-refractivity contribution in [1.29, 1.82) is 0 Å². The van der Waals surface area contributed by atoms with Gasteiger partial charge in [0.1, 0.15) is 17.8 Å². The summed E-state index contributed by atoms with van der Waals surface area (Å²) in [5.74, 6) is -0.669. The maximum atomic E-state index is 14.5. The molecular weight excluding hydrogens is 376 g/mol. The number of halogens is 4. The smallest absolute Gasteiger partial charge is 0.368 e. The fourth-order valence-corrected chi connectivity index (χ4v) is 2.98. The first-order valence-electron chi connectivity index (χ1n) is 8.06. The zero-order valence-electron chi connectivity index (χ0n) is 14.4. The van der Waals surface area contributed by atoms with Gasteiger partial charge in [0.05, 0.1) is 11.3 Å². The minimum atomic E-state index is -4.65. The van der Waals surface area contributed by atoms with Gasteiger partial charge in [0.15, 0.2) is 5.65 Å². The molecule has 0 aliphatic heterocycles. The molecule has 0 aliphatic carbocycles. The summed E-state index contributed by atoms with van der Waals surface area (Å²) in [6.07, 6.45) is -3.45. The number of nitrogen functional groups attached to an aromatic ring is 1. The Balaban J connectivity index is 2.11. The number of alkyl halides is 3. The highest BCUT2D eigenvalue weighted by Crippen LogP contribution is 2.38. The standard InChI is InChI=1S/C18H12F4N6/c1-9-6-10(7-13(26-9)18(20,21)22)14-15(11-4-2-3-5-12(11)19)27-17(23)28-16(14)24-8-25-28/h2-8H,1H3,(H2,23,27). The molecule has 4 rings (SSSR count). The summed E-state index contributed by atoms with van der Waals surface area (Å²) in [7, 11) is 0. The molecule has 0 atom stereocenters. The molecule has 2 N–H and O–H groups in total. The number of nitrogens with zero attached hydrogens (tertiary/aromatic N) is 5. The number of nitrogens with two attached hydrogens (primary N) is 1. The molecule has 142 valence electrons. The fraction of sp³-hybridized carbons (Fsp3) is 0.111. The van der Waals surface area contributed by atoms with E-state index in [0.717, 1.165) is 6.07 Å².